The van der Waals surface area contributed by atoms with Crippen molar-refractivity contribution >= 4 is 28.9 Å². The second-order valence-electron chi connectivity index (χ2n) is 3.78. The van der Waals surface area contributed by atoms with Crippen LogP contribution in [-0.2, 0) is 6.42 Å². The van der Waals surface area contributed by atoms with E-state index in [2.05, 4.69) is 27.5 Å². The molecule has 0 spiro atoms. The first-order chi connectivity index (χ1) is 8.74. The van der Waals surface area contributed by atoms with Crippen LogP contribution in [0, 0.1) is 0 Å². The highest BCUT2D eigenvalue weighted by Gasteiger charge is 2.08. The van der Waals surface area contributed by atoms with Crippen LogP contribution in [0.1, 0.15) is 12.5 Å². The zero-order valence-electron chi connectivity index (χ0n) is 10.4. The Kier molecular flexibility index (Phi) is 3.99. The Morgan fingerprint density at radius 2 is 1.78 bits per heavy atom. The molecule has 0 aliphatic heterocycles. The monoisotopic (exact) mass is 262 g/mol. The summed E-state index contributed by atoms with van der Waals surface area (Å²) in [6, 6.07) is 7.53. The van der Waals surface area contributed by atoms with Gasteiger partial charge in [-0.05, 0) is 30.7 Å². The first-order valence-electron chi connectivity index (χ1n) is 5.78. The average molecular weight is 263 g/mol. The van der Waals surface area contributed by atoms with E-state index in [-0.39, 0.29) is 0 Å². The Hall–Kier alpha value is -1.81. The summed E-state index contributed by atoms with van der Waals surface area (Å²) in [6.07, 6.45) is 2.40. The van der Waals surface area contributed by atoms with Gasteiger partial charge in [0, 0.05) is 23.3 Å². The molecule has 2 N–H and O–H groups in total. The molecule has 2 rings (SSSR count). The molecule has 0 saturated carbocycles. The van der Waals surface area contributed by atoms with Crippen molar-refractivity contribution in [3.05, 3.63) is 41.2 Å². The summed E-state index contributed by atoms with van der Waals surface area (Å²) in [6.45, 7) is 2.08. The summed E-state index contributed by atoms with van der Waals surface area (Å²) in [5.41, 5.74) is 2.02. The van der Waals surface area contributed by atoms with Crippen LogP contribution in [0.5, 0.6) is 0 Å². The van der Waals surface area contributed by atoms with Crippen molar-refractivity contribution in [2.24, 2.45) is 0 Å². The first kappa shape index (κ1) is 12.6. The molecule has 0 saturated heterocycles. The van der Waals surface area contributed by atoms with Crippen LogP contribution >= 0.6 is 11.6 Å². The van der Waals surface area contributed by atoms with E-state index in [1.165, 1.54) is 0 Å². The van der Waals surface area contributed by atoms with Crippen LogP contribution < -0.4 is 10.6 Å². The molecule has 0 radical (unpaired) electrons. The molecular formula is C13H15ClN4. The third-order valence-electron chi connectivity index (χ3n) is 2.64. The van der Waals surface area contributed by atoms with Crippen LogP contribution in [-0.4, -0.2) is 17.0 Å². The largest absolute Gasteiger partial charge is 0.373 e. The van der Waals surface area contributed by atoms with E-state index in [1.54, 1.807) is 6.33 Å². The number of nitrogens with zero attached hydrogens (tertiary/aromatic N) is 2. The summed E-state index contributed by atoms with van der Waals surface area (Å²) in [7, 11) is 1.85. The van der Waals surface area contributed by atoms with E-state index >= 15 is 0 Å². The van der Waals surface area contributed by atoms with Crippen molar-refractivity contribution in [1.82, 2.24) is 9.97 Å². The number of hydrogen-bond acceptors (Lipinski definition) is 4. The van der Waals surface area contributed by atoms with Crippen LogP contribution in [0.3, 0.4) is 0 Å². The maximum absolute atomic E-state index is 5.86. The first-order valence-corrected chi connectivity index (χ1v) is 6.16. The van der Waals surface area contributed by atoms with Gasteiger partial charge in [-0.3, -0.25) is 0 Å². The molecule has 0 aliphatic carbocycles. The van der Waals surface area contributed by atoms with Gasteiger partial charge in [0.25, 0.3) is 0 Å². The molecule has 5 heteroatoms. The fourth-order valence-electron chi connectivity index (χ4n) is 1.74. The molecule has 18 heavy (non-hydrogen) atoms. The standard InChI is InChI=1S/C13H15ClN4/c1-3-11-12(15-2)16-8-17-13(11)18-10-6-4-9(14)5-7-10/h4-8H,3H2,1-2H3,(H2,15,16,17,18). The fourth-order valence-corrected chi connectivity index (χ4v) is 1.87. The number of nitrogens with one attached hydrogen (secondary N) is 2. The maximum atomic E-state index is 5.86. The van der Waals surface area contributed by atoms with E-state index < -0.39 is 0 Å². The van der Waals surface area contributed by atoms with Crippen molar-refractivity contribution in [3.63, 3.8) is 0 Å². The predicted molar refractivity (Wildman–Crippen MR) is 75.7 cm³/mol. The topological polar surface area (TPSA) is 49.8 Å². The van der Waals surface area contributed by atoms with E-state index in [0.717, 1.165) is 34.3 Å². The molecule has 1 heterocycles. The summed E-state index contributed by atoms with van der Waals surface area (Å²) in [5, 5.41) is 7.06. The van der Waals surface area contributed by atoms with Crippen molar-refractivity contribution < 1.29 is 0 Å². The molecule has 0 unspecified atom stereocenters. The Morgan fingerprint density at radius 1 is 1.11 bits per heavy atom. The average Bonchev–Trinajstić information content (AvgIpc) is 2.41. The van der Waals surface area contributed by atoms with Gasteiger partial charge in [-0.15, -0.1) is 0 Å². The molecule has 2 aromatic rings. The minimum absolute atomic E-state index is 0.717. The van der Waals surface area contributed by atoms with Crippen molar-refractivity contribution in [2.75, 3.05) is 17.7 Å². The molecule has 0 bridgehead atoms. The summed E-state index contributed by atoms with van der Waals surface area (Å²) >= 11 is 5.86. The van der Waals surface area contributed by atoms with Gasteiger partial charge in [-0.1, -0.05) is 18.5 Å². The van der Waals surface area contributed by atoms with Gasteiger partial charge in [0.1, 0.15) is 18.0 Å². The zero-order chi connectivity index (χ0) is 13.0. The predicted octanol–water partition coefficient (Wildman–Crippen LogP) is 3.48. The highest BCUT2D eigenvalue weighted by atomic mass is 35.5. The molecule has 1 aromatic carbocycles. The van der Waals surface area contributed by atoms with Gasteiger partial charge in [-0.25, -0.2) is 9.97 Å². The number of rotatable bonds is 4. The normalized spacial score (nSPS) is 10.2. The van der Waals surface area contributed by atoms with E-state index in [4.69, 9.17) is 11.6 Å². The third-order valence-corrected chi connectivity index (χ3v) is 2.89. The smallest absolute Gasteiger partial charge is 0.139 e. The van der Waals surface area contributed by atoms with Gasteiger partial charge >= 0.3 is 0 Å². The van der Waals surface area contributed by atoms with Gasteiger partial charge < -0.3 is 10.6 Å². The fraction of sp³-hybridized carbons (Fsp3) is 0.231. The lowest BCUT2D eigenvalue weighted by Crippen LogP contribution is -2.04. The lowest BCUT2D eigenvalue weighted by molar-refractivity contribution is 1.05. The Bertz CT molecular complexity index is 525. The van der Waals surface area contributed by atoms with Crippen LogP contribution in [0.2, 0.25) is 5.02 Å². The van der Waals surface area contributed by atoms with Crippen LogP contribution in [0.25, 0.3) is 0 Å². The van der Waals surface area contributed by atoms with E-state index in [9.17, 15) is 0 Å². The van der Waals surface area contributed by atoms with Crippen LogP contribution in [0.4, 0.5) is 17.3 Å². The number of aromatic nitrogens is 2. The van der Waals surface area contributed by atoms with Gasteiger partial charge in [0.05, 0.1) is 0 Å². The zero-order valence-corrected chi connectivity index (χ0v) is 11.1. The molecule has 0 aliphatic rings. The van der Waals surface area contributed by atoms with Crippen molar-refractivity contribution in [1.29, 1.82) is 0 Å². The highest BCUT2D eigenvalue weighted by molar-refractivity contribution is 6.30. The van der Waals surface area contributed by atoms with E-state index in [1.807, 2.05) is 31.3 Å². The highest BCUT2D eigenvalue weighted by Crippen LogP contribution is 2.24. The lowest BCUT2D eigenvalue weighted by Gasteiger charge is -2.12. The Balaban J connectivity index is 2.31. The van der Waals surface area contributed by atoms with Gasteiger partial charge in [-0.2, -0.15) is 0 Å². The molecule has 1 aromatic heterocycles. The minimum atomic E-state index is 0.717. The SMILES string of the molecule is CCc1c(NC)ncnc1Nc1ccc(Cl)cc1. The van der Waals surface area contributed by atoms with Crippen molar-refractivity contribution in [2.45, 2.75) is 13.3 Å². The molecule has 4 nitrogen and oxygen atoms in total. The molecule has 0 fully saturated rings. The maximum Gasteiger partial charge on any atom is 0.139 e. The number of halogens is 1. The van der Waals surface area contributed by atoms with Gasteiger partial charge in [0.2, 0.25) is 0 Å². The number of hydrogen-bond donors (Lipinski definition) is 2. The molecular weight excluding hydrogens is 248 g/mol. The number of benzene rings is 1. The van der Waals surface area contributed by atoms with Crippen LogP contribution in [0.15, 0.2) is 30.6 Å². The lowest BCUT2D eigenvalue weighted by atomic mass is 10.2. The third kappa shape index (κ3) is 2.71. The summed E-state index contributed by atoms with van der Waals surface area (Å²) in [4.78, 5) is 8.48. The quantitative estimate of drug-likeness (QED) is 0.886. The molecule has 94 valence electrons. The number of anilines is 3. The van der Waals surface area contributed by atoms with E-state index in [0.29, 0.717) is 0 Å². The second kappa shape index (κ2) is 5.69. The van der Waals surface area contributed by atoms with Gasteiger partial charge in [0.15, 0.2) is 0 Å². The summed E-state index contributed by atoms with van der Waals surface area (Å²) < 4.78 is 0. The summed E-state index contributed by atoms with van der Waals surface area (Å²) in [5.74, 6) is 1.67. The Morgan fingerprint density at radius 3 is 2.39 bits per heavy atom. The Labute approximate surface area is 111 Å². The minimum Gasteiger partial charge on any atom is -0.373 e. The molecule has 0 atom stereocenters. The second-order valence-corrected chi connectivity index (χ2v) is 4.22. The van der Waals surface area contributed by atoms with Crippen molar-refractivity contribution in [3.8, 4) is 0 Å². The molecule has 0 amide bonds.